The number of hydrogen-bond acceptors (Lipinski definition) is 4. The Morgan fingerprint density at radius 2 is 1.38 bits per heavy atom. The molecule has 4 fully saturated rings. The van der Waals surface area contributed by atoms with Crippen molar-refractivity contribution in [2.24, 2.45) is 23.7 Å². The van der Waals surface area contributed by atoms with Gasteiger partial charge in [-0.05, 0) is 6.42 Å². The van der Waals surface area contributed by atoms with Crippen LogP contribution in [0.3, 0.4) is 0 Å². The molecule has 2 aliphatic heterocycles. The average molecular weight is 180 g/mol. The monoisotopic (exact) mass is 180 g/mol. The molecular formula is C9H8O4. The van der Waals surface area contributed by atoms with Gasteiger partial charge in [-0.3, -0.25) is 9.59 Å². The zero-order valence-electron chi connectivity index (χ0n) is 6.80. The van der Waals surface area contributed by atoms with Crippen LogP contribution in [-0.2, 0) is 19.1 Å². The predicted molar refractivity (Wildman–Crippen MR) is 38.3 cm³/mol. The van der Waals surface area contributed by atoms with Crippen LogP contribution in [0, 0.1) is 23.7 Å². The highest BCUT2D eigenvalue weighted by Crippen LogP contribution is 2.62. The SMILES string of the molecule is O=C1O[C@H]2[C@@H]3C[C@@H]4[C@H]2OC(=O)[C@@H]4[C@H]13. The highest BCUT2D eigenvalue weighted by molar-refractivity contribution is 5.88. The second-order valence-electron chi connectivity index (χ2n) is 4.42. The number of rotatable bonds is 0. The molecule has 2 saturated heterocycles. The minimum atomic E-state index is -0.166. The van der Waals surface area contributed by atoms with E-state index in [9.17, 15) is 9.59 Å². The second kappa shape index (κ2) is 1.61. The van der Waals surface area contributed by atoms with Gasteiger partial charge in [-0.25, -0.2) is 0 Å². The van der Waals surface area contributed by atoms with Gasteiger partial charge in [0, 0.05) is 11.8 Å². The summed E-state index contributed by atoms with van der Waals surface area (Å²) >= 11 is 0. The fraction of sp³-hybridized carbons (Fsp3) is 0.778. The number of carbonyl (C=O) groups is 2. The van der Waals surface area contributed by atoms with E-state index in [2.05, 4.69) is 0 Å². The van der Waals surface area contributed by atoms with Crippen molar-refractivity contribution in [3.05, 3.63) is 0 Å². The normalized spacial score (nSPS) is 60.0. The molecule has 4 rings (SSSR count). The third-order valence-electron chi connectivity index (χ3n) is 4.07. The van der Waals surface area contributed by atoms with E-state index in [-0.39, 0.29) is 47.8 Å². The fourth-order valence-corrected chi connectivity index (χ4v) is 3.68. The first-order chi connectivity index (χ1) is 6.27. The lowest BCUT2D eigenvalue weighted by Crippen LogP contribution is -2.31. The molecule has 0 radical (unpaired) electrons. The molecule has 0 aromatic carbocycles. The van der Waals surface area contributed by atoms with Crippen molar-refractivity contribution in [1.82, 2.24) is 0 Å². The zero-order valence-corrected chi connectivity index (χ0v) is 6.80. The van der Waals surface area contributed by atoms with E-state index in [1.807, 2.05) is 0 Å². The molecule has 6 atom stereocenters. The van der Waals surface area contributed by atoms with Crippen LogP contribution in [0.25, 0.3) is 0 Å². The summed E-state index contributed by atoms with van der Waals surface area (Å²) < 4.78 is 10.4. The Morgan fingerprint density at radius 3 is 1.85 bits per heavy atom. The second-order valence-corrected chi connectivity index (χ2v) is 4.42. The van der Waals surface area contributed by atoms with Crippen LogP contribution in [-0.4, -0.2) is 24.1 Å². The van der Waals surface area contributed by atoms with Crippen LogP contribution in [0.1, 0.15) is 6.42 Å². The summed E-state index contributed by atoms with van der Waals surface area (Å²) in [4.78, 5) is 22.8. The van der Waals surface area contributed by atoms with Crippen molar-refractivity contribution in [3.63, 3.8) is 0 Å². The Bertz CT molecular complexity index is 301. The number of esters is 2. The van der Waals surface area contributed by atoms with Gasteiger partial charge in [0.1, 0.15) is 12.2 Å². The Hall–Kier alpha value is -1.06. The predicted octanol–water partition coefficient (Wildman–Crippen LogP) is -0.281. The first-order valence-corrected chi connectivity index (χ1v) is 4.68. The molecule has 2 bridgehead atoms. The molecule has 2 saturated carbocycles. The molecule has 2 heterocycles. The standard InChI is InChI=1S/C9H8O4/c10-8-4-2-1-3-5(4)9(11)13-7(3)6(2)12-8/h2-7H,1H2/t2-,3+,4-,5+,6+,7-. The lowest BCUT2D eigenvalue weighted by Gasteiger charge is -2.17. The van der Waals surface area contributed by atoms with Gasteiger partial charge in [-0.2, -0.15) is 0 Å². The summed E-state index contributed by atoms with van der Waals surface area (Å²) in [5.74, 6) is -0.108. The van der Waals surface area contributed by atoms with Crippen LogP contribution in [0.4, 0.5) is 0 Å². The topological polar surface area (TPSA) is 52.6 Å². The lowest BCUT2D eigenvalue weighted by atomic mass is 9.81. The van der Waals surface area contributed by atoms with E-state index in [1.165, 1.54) is 0 Å². The molecule has 4 heteroatoms. The number of ether oxygens (including phenoxy) is 2. The smallest absolute Gasteiger partial charge is 0.310 e. The van der Waals surface area contributed by atoms with Crippen molar-refractivity contribution < 1.29 is 19.1 Å². The van der Waals surface area contributed by atoms with Crippen molar-refractivity contribution in [3.8, 4) is 0 Å². The summed E-state index contributed by atoms with van der Waals surface area (Å²) in [6, 6.07) is 0. The minimum Gasteiger partial charge on any atom is -0.458 e. The van der Waals surface area contributed by atoms with Crippen molar-refractivity contribution in [1.29, 1.82) is 0 Å². The number of fused-ring (bicyclic) bond motifs is 2. The highest BCUT2D eigenvalue weighted by Gasteiger charge is 2.73. The first kappa shape index (κ1) is 6.40. The average Bonchev–Trinajstić information content (AvgIpc) is 2.67. The van der Waals surface area contributed by atoms with E-state index in [0.29, 0.717) is 0 Å². The van der Waals surface area contributed by atoms with E-state index in [4.69, 9.17) is 9.47 Å². The van der Waals surface area contributed by atoms with E-state index in [1.54, 1.807) is 0 Å². The molecule has 0 amide bonds. The maximum absolute atomic E-state index is 11.4. The Kier molecular flexibility index (Phi) is 0.791. The van der Waals surface area contributed by atoms with Crippen LogP contribution in [0.5, 0.6) is 0 Å². The fourth-order valence-electron chi connectivity index (χ4n) is 3.68. The molecule has 2 aliphatic carbocycles. The maximum atomic E-state index is 11.4. The first-order valence-electron chi connectivity index (χ1n) is 4.68. The highest BCUT2D eigenvalue weighted by atomic mass is 16.6. The summed E-state index contributed by atoms with van der Waals surface area (Å²) in [6.07, 6.45) is 0.734. The third kappa shape index (κ3) is 0.474. The summed E-state index contributed by atoms with van der Waals surface area (Å²) in [5, 5.41) is 0. The van der Waals surface area contributed by atoms with Crippen LogP contribution in [0.2, 0.25) is 0 Å². The largest absolute Gasteiger partial charge is 0.458 e. The maximum Gasteiger partial charge on any atom is 0.310 e. The quantitative estimate of drug-likeness (QED) is 0.481. The van der Waals surface area contributed by atoms with Gasteiger partial charge in [0.15, 0.2) is 0 Å². The molecule has 13 heavy (non-hydrogen) atoms. The molecule has 0 aromatic rings. The van der Waals surface area contributed by atoms with Crippen molar-refractivity contribution >= 4 is 11.9 Å². The molecule has 0 spiro atoms. The van der Waals surface area contributed by atoms with E-state index >= 15 is 0 Å². The molecule has 4 aliphatic rings. The number of carbonyl (C=O) groups excluding carboxylic acids is 2. The minimum absolute atomic E-state index is 0.106. The lowest BCUT2D eigenvalue weighted by molar-refractivity contribution is -0.160. The van der Waals surface area contributed by atoms with E-state index < -0.39 is 0 Å². The van der Waals surface area contributed by atoms with E-state index in [0.717, 1.165) is 6.42 Å². The van der Waals surface area contributed by atoms with Crippen LogP contribution < -0.4 is 0 Å². The summed E-state index contributed by atoms with van der Waals surface area (Å²) in [6.45, 7) is 0. The molecule has 0 aromatic heterocycles. The van der Waals surface area contributed by atoms with Crippen molar-refractivity contribution in [2.75, 3.05) is 0 Å². The molecule has 4 nitrogen and oxygen atoms in total. The Labute approximate surface area is 74.2 Å². The van der Waals surface area contributed by atoms with Crippen molar-refractivity contribution in [2.45, 2.75) is 18.6 Å². The third-order valence-corrected chi connectivity index (χ3v) is 4.07. The zero-order chi connectivity index (χ0) is 8.74. The Balaban J connectivity index is 1.94. The summed E-state index contributed by atoms with van der Waals surface area (Å²) in [5.41, 5.74) is 0. The van der Waals surface area contributed by atoms with Crippen LogP contribution >= 0.6 is 0 Å². The number of hydrogen-bond donors (Lipinski definition) is 0. The molecule has 0 unspecified atom stereocenters. The van der Waals surface area contributed by atoms with Gasteiger partial charge in [-0.15, -0.1) is 0 Å². The van der Waals surface area contributed by atoms with Gasteiger partial charge in [-0.1, -0.05) is 0 Å². The van der Waals surface area contributed by atoms with Gasteiger partial charge in [0.2, 0.25) is 0 Å². The van der Waals surface area contributed by atoms with Gasteiger partial charge >= 0.3 is 11.9 Å². The Morgan fingerprint density at radius 1 is 0.923 bits per heavy atom. The molecule has 68 valence electrons. The van der Waals surface area contributed by atoms with Crippen LogP contribution in [0.15, 0.2) is 0 Å². The molecular weight excluding hydrogens is 172 g/mol. The van der Waals surface area contributed by atoms with Gasteiger partial charge in [0.25, 0.3) is 0 Å². The van der Waals surface area contributed by atoms with Gasteiger partial charge in [0.05, 0.1) is 11.8 Å². The van der Waals surface area contributed by atoms with Gasteiger partial charge < -0.3 is 9.47 Å². The molecule has 0 N–H and O–H groups in total. The summed E-state index contributed by atoms with van der Waals surface area (Å²) in [7, 11) is 0.